The van der Waals surface area contributed by atoms with E-state index in [0.29, 0.717) is 21.3 Å². The van der Waals surface area contributed by atoms with Gasteiger partial charge in [0.1, 0.15) is 4.88 Å². The predicted octanol–water partition coefficient (Wildman–Crippen LogP) is 3.60. The second-order valence-electron chi connectivity index (χ2n) is 4.69. The molecule has 22 heavy (non-hydrogen) atoms. The van der Waals surface area contributed by atoms with Crippen LogP contribution in [0.15, 0.2) is 24.3 Å². The van der Waals surface area contributed by atoms with Crippen LogP contribution >= 0.6 is 22.9 Å². The van der Waals surface area contributed by atoms with E-state index >= 15 is 0 Å². The minimum absolute atomic E-state index is 0.408. The van der Waals surface area contributed by atoms with Gasteiger partial charge in [0.05, 0.1) is 10.7 Å². The summed E-state index contributed by atoms with van der Waals surface area (Å²) < 4.78 is 5.18. The number of aromatic nitrogens is 1. The molecule has 1 aromatic carbocycles. The lowest BCUT2D eigenvalue weighted by Crippen LogP contribution is -2.29. The molecule has 1 aromatic heterocycles. The van der Waals surface area contributed by atoms with E-state index in [0.717, 1.165) is 5.01 Å². The van der Waals surface area contributed by atoms with Crippen LogP contribution in [0.5, 0.6) is 0 Å². The van der Waals surface area contributed by atoms with Crippen molar-refractivity contribution in [3.8, 4) is 0 Å². The maximum atomic E-state index is 12.0. The number of nitrogens with one attached hydrogen (secondary N) is 1. The molecule has 1 heterocycles. The number of carbonyl (C=O) groups is 2. The molecule has 7 heteroatoms. The molecule has 0 bridgehead atoms. The van der Waals surface area contributed by atoms with E-state index in [4.69, 9.17) is 16.3 Å². The van der Waals surface area contributed by atoms with Gasteiger partial charge in [0.15, 0.2) is 6.10 Å². The first-order valence-corrected chi connectivity index (χ1v) is 7.77. The molecule has 2 aromatic rings. The number of hydrogen-bond donors (Lipinski definition) is 1. The van der Waals surface area contributed by atoms with E-state index in [-0.39, 0.29) is 0 Å². The van der Waals surface area contributed by atoms with Gasteiger partial charge < -0.3 is 10.1 Å². The molecule has 5 nitrogen and oxygen atoms in total. The lowest BCUT2D eigenvalue weighted by atomic mass is 10.3. The number of ether oxygens (including phenoxy) is 1. The highest BCUT2D eigenvalue weighted by molar-refractivity contribution is 7.13. The second kappa shape index (κ2) is 6.89. The molecule has 1 atom stereocenters. The third-order valence-electron chi connectivity index (χ3n) is 2.85. The molecule has 0 unspecified atom stereocenters. The number of benzene rings is 1. The number of carbonyl (C=O) groups excluding carboxylic acids is 2. The van der Waals surface area contributed by atoms with Gasteiger partial charge in [-0.05, 0) is 45.0 Å². The average Bonchev–Trinajstić information content (AvgIpc) is 2.80. The van der Waals surface area contributed by atoms with Crippen molar-refractivity contribution in [1.29, 1.82) is 0 Å². The van der Waals surface area contributed by atoms with Gasteiger partial charge in [0, 0.05) is 10.7 Å². The second-order valence-corrected chi connectivity index (χ2v) is 6.33. The molecule has 0 radical (unpaired) electrons. The standard InChI is InChI=1S/C15H15ClN2O3S/c1-8-13(22-10(3)17-8)15(20)21-9(2)14(19)18-12-6-4-11(16)5-7-12/h4-7,9H,1-3H3,(H,18,19)/t9-/m0/s1. The number of halogens is 1. The van der Waals surface area contributed by atoms with E-state index in [9.17, 15) is 9.59 Å². The Kier molecular flexibility index (Phi) is 5.15. The van der Waals surface area contributed by atoms with Crippen LogP contribution in [0.3, 0.4) is 0 Å². The van der Waals surface area contributed by atoms with Gasteiger partial charge in [-0.3, -0.25) is 4.79 Å². The number of aryl methyl sites for hydroxylation is 2. The number of hydrogen-bond acceptors (Lipinski definition) is 5. The Bertz CT molecular complexity index is 697. The molecule has 0 saturated heterocycles. The van der Waals surface area contributed by atoms with Crippen molar-refractivity contribution < 1.29 is 14.3 Å². The summed E-state index contributed by atoms with van der Waals surface area (Å²) in [7, 11) is 0. The van der Waals surface area contributed by atoms with E-state index in [2.05, 4.69) is 10.3 Å². The smallest absolute Gasteiger partial charge is 0.351 e. The van der Waals surface area contributed by atoms with Gasteiger partial charge >= 0.3 is 5.97 Å². The number of esters is 1. The summed E-state index contributed by atoms with van der Waals surface area (Å²) >= 11 is 7.03. The van der Waals surface area contributed by atoms with Crippen molar-refractivity contribution in [1.82, 2.24) is 4.98 Å². The summed E-state index contributed by atoms with van der Waals surface area (Å²) in [6.07, 6.45) is -0.912. The third kappa shape index (κ3) is 4.05. The molecule has 0 fully saturated rings. The summed E-state index contributed by atoms with van der Waals surface area (Å²) in [6.45, 7) is 5.07. The molecule has 0 aliphatic carbocycles. The summed E-state index contributed by atoms with van der Waals surface area (Å²) in [5.41, 5.74) is 1.19. The molecule has 0 saturated carbocycles. The first-order chi connectivity index (χ1) is 10.4. The number of anilines is 1. The molecule has 1 amide bonds. The van der Waals surface area contributed by atoms with Gasteiger partial charge in [-0.15, -0.1) is 11.3 Å². The fraction of sp³-hybridized carbons (Fsp3) is 0.267. The first-order valence-electron chi connectivity index (χ1n) is 6.58. The van der Waals surface area contributed by atoms with Crippen LogP contribution in [0.25, 0.3) is 0 Å². The number of amides is 1. The van der Waals surface area contributed by atoms with Crippen LogP contribution < -0.4 is 5.32 Å². The predicted molar refractivity (Wildman–Crippen MR) is 86.5 cm³/mol. The zero-order valence-electron chi connectivity index (χ0n) is 12.3. The molecule has 0 spiro atoms. The quantitative estimate of drug-likeness (QED) is 0.865. The Morgan fingerprint density at radius 3 is 2.45 bits per heavy atom. The number of thiazole rings is 1. The highest BCUT2D eigenvalue weighted by Crippen LogP contribution is 2.19. The molecular weight excluding hydrogens is 324 g/mol. The Morgan fingerprint density at radius 1 is 1.27 bits per heavy atom. The summed E-state index contributed by atoms with van der Waals surface area (Å²) in [5.74, 6) is -0.948. The lowest BCUT2D eigenvalue weighted by molar-refractivity contribution is -0.123. The Hall–Kier alpha value is -1.92. The lowest BCUT2D eigenvalue weighted by Gasteiger charge is -2.13. The van der Waals surface area contributed by atoms with Crippen LogP contribution in [-0.4, -0.2) is 23.0 Å². The number of rotatable bonds is 4. The van der Waals surface area contributed by atoms with Crippen molar-refractivity contribution in [2.75, 3.05) is 5.32 Å². The Balaban J connectivity index is 1.97. The monoisotopic (exact) mass is 338 g/mol. The maximum absolute atomic E-state index is 12.0. The highest BCUT2D eigenvalue weighted by Gasteiger charge is 2.22. The molecular formula is C15H15ClN2O3S. The molecule has 2 rings (SSSR count). The van der Waals surface area contributed by atoms with Crippen molar-refractivity contribution in [2.24, 2.45) is 0 Å². The molecule has 0 aliphatic rings. The minimum atomic E-state index is -0.912. The Labute approximate surface area is 137 Å². The van der Waals surface area contributed by atoms with Crippen LogP contribution in [-0.2, 0) is 9.53 Å². The van der Waals surface area contributed by atoms with Gasteiger partial charge in [-0.1, -0.05) is 11.6 Å². The van der Waals surface area contributed by atoms with Crippen LogP contribution in [0.2, 0.25) is 5.02 Å². The molecule has 116 valence electrons. The van der Waals surface area contributed by atoms with Crippen LogP contribution in [0.1, 0.15) is 27.3 Å². The van der Waals surface area contributed by atoms with Crippen molar-refractivity contribution in [3.05, 3.63) is 44.9 Å². The fourth-order valence-electron chi connectivity index (χ4n) is 1.77. The van der Waals surface area contributed by atoms with E-state index < -0.39 is 18.0 Å². The SMILES string of the molecule is Cc1nc(C)c(C(=O)O[C@@H](C)C(=O)Nc2ccc(Cl)cc2)s1. The first kappa shape index (κ1) is 16.5. The minimum Gasteiger partial charge on any atom is -0.448 e. The summed E-state index contributed by atoms with van der Waals surface area (Å²) in [4.78, 5) is 28.6. The number of nitrogens with zero attached hydrogens (tertiary/aromatic N) is 1. The highest BCUT2D eigenvalue weighted by atomic mass is 35.5. The molecule has 1 N–H and O–H groups in total. The van der Waals surface area contributed by atoms with Gasteiger partial charge in [-0.2, -0.15) is 0 Å². The van der Waals surface area contributed by atoms with Crippen LogP contribution in [0, 0.1) is 13.8 Å². The topological polar surface area (TPSA) is 68.3 Å². The zero-order chi connectivity index (χ0) is 16.3. The van der Waals surface area contributed by atoms with Gasteiger partial charge in [0.25, 0.3) is 5.91 Å². The zero-order valence-corrected chi connectivity index (χ0v) is 13.9. The fourth-order valence-corrected chi connectivity index (χ4v) is 2.69. The largest absolute Gasteiger partial charge is 0.448 e. The average molecular weight is 339 g/mol. The summed E-state index contributed by atoms with van der Waals surface area (Å²) in [5, 5.41) is 4.02. The van der Waals surface area contributed by atoms with Crippen molar-refractivity contribution >= 4 is 40.5 Å². The van der Waals surface area contributed by atoms with E-state index in [1.54, 1.807) is 31.2 Å². The van der Waals surface area contributed by atoms with Gasteiger partial charge in [-0.25, -0.2) is 9.78 Å². The van der Waals surface area contributed by atoms with E-state index in [1.165, 1.54) is 18.3 Å². The summed E-state index contributed by atoms with van der Waals surface area (Å²) in [6, 6.07) is 6.67. The van der Waals surface area contributed by atoms with Crippen molar-refractivity contribution in [2.45, 2.75) is 26.9 Å². The molecule has 0 aliphatic heterocycles. The van der Waals surface area contributed by atoms with Crippen LogP contribution in [0.4, 0.5) is 5.69 Å². The van der Waals surface area contributed by atoms with E-state index in [1.807, 2.05) is 6.92 Å². The van der Waals surface area contributed by atoms with Gasteiger partial charge in [0.2, 0.25) is 0 Å². The normalized spacial score (nSPS) is 11.8. The third-order valence-corrected chi connectivity index (χ3v) is 4.16. The Morgan fingerprint density at radius 2 is 1.91 bits per heavy atom. The maximum Gasteiger partial charge on any atom is 0.351 e. The van der Waals surface area contributed by atoms with Crippen molar-refractivity contribution in [3.63, 3.8) is 0 Å².